The first-order valence-corrected chi connectivity index (χ1v) is 3.86. The summed E-state index contributed by atoms with van der Waals surface area (Å²) in [5.41, 5.74) is -0.0924. The van der Waals surface area contributed by atoms with Gasteiger partial charge in [-0.05, 0) is 13.8 Å². The van der Waals surface area contributed by atoms with Gasteiger partial charge in [-0.25, -0.2) is 0 Å². The molecule has 0 saturated carbocycles. The average Bonchev–Trinajstić information content (AvgIpc) is 1.67. The third kappa shape index (κ3) is 3.52. The van der Waals surface area contributed by atoms with E-state index < -0.39 is 0 Å². The van der Waals surface area contributed by atoms with E-state index in [1.54, 1.807) is 0 Å². The molecule has 47 valence electrons. The summed E-state index contributed by atoms with van der Waals surface area (Å²) in [7, 11) is 3.21. The van der Waals surface area contributed by atoms with Crippen molar-refractivity contribution in [3.63, 3.8) is 0 Å². The van der Waals surface area contributed by atoms with Crippen LogP contribution in [0.2, 0.25) is 0 Å². The van der Waals surface area contributed by atoms with Gasteiger partial charge in [-0.2, -0.15) is 12.6 Å². The molecule has 0 bridgehead atoms. The molecule has 1 nitrogen and oxygen atoms in total. The maximum absolute atomic E-state index is 5.22. The molecule has 0 aromatic heterocycles. The van der Waals surface area contributed by atoms with Gasteiger partial charge in [0.15, 0.2) is 0 Å². The zero-order valence-electron chi connectivity index (χ0n) is 5.27. The fraction of sp³-hybridized carbons (Fsp3) is 1.00. The lowest BCUT2D eigenvalue weighted by atomic mass is 10.2. The number of thiol groups is 1. The maximum Gasteiger partial charge on any atom is 0.0709 e. The van der Waals surface area contributed by atoms with Crippen molar-refractivity contribution in [2.45, 2.75) is 19.4 Å². The molecule has 0 heterocycles. The highest BCUT2D eigenvalue weighted by Crippen LogP contribution is 2.08. The third-order valence-electron chi connectivity index (χ3n) is 0.844. The fourth-order valence-electron chi connectivity index (χ4n) is 0.241. The van der Waals surface area contributed by atoms with Crippen molar-refractivity contribution in [1.29, 1.82) is 0 Å². The predicted octanol–water partition coefficient (Wildman–Crippen LogP) is 0.837. The molecule has 0 N–H and O–H groups in total. The minimum absolute atomic E-state index is 0.0924. The highest BCUT2D eigenvalue weighted by atomic mass is 32.1. The highest BCUT2D eigenvalue weighted by Gasteiger charge is 2.13. The Labute approximate surface area is 59.6 Å². The van der Waals surface area contributed by atoms with E-state index in [-0.39, 0.29) is 5.60 Å². The first-order chi connectivity index (χ1) is 3.62. The van der Waals surface area contributed by atoms with Crippen molar-refractivity contribution >= 4 is 22.9 Å². The van der Waals surface area contributed by atoms with E-state index in [0.717, 1.165) is 5.75 Å². The van der Waals surface area contributed by atoms with Gasteiger partial charge in [-0.1, -0.05) is 0 Å². The molecular formula is C5H11OSSi. The highest BCUT2D eigenvalue weighted by molar-refractivity contribution is 7.80. The Hall–Kier alpha value is 0.527. The SMILES string of the molecule is CC(C)(CS)OC[Si]. The summed E-state index contributed by atoms with van der Waals surface area (Å²) < 4.78 is 5.22. The second-order valence-electron chi connectivity index (χ2n) is 2.21. The standard InChI is InChI=1S/C5H11OSSi/c1-5(2,3-7)6-4-8/h7H,3-4H2,1-2H3. The lowest BCUT2D eigenvalue weighted by molar-refractivity contribution is 0.0304. The topological polar surface area (TPSA) is 9.23 Å². The van der Waals surface area contributed by atoms with Crippen LogP contribution >= 0.6 is 12.6 Å². The van der Waals surface area contributed by atoms with Crippen molar-refractivity contribution in [1.82, 2.24) is 0 Å². The molecule has 8 heavy (non-hydrogen) atoms. The van der Waals surface area contributed by atoms with Gasteiger partial charge in [0.2, 0.25) is 0 Å². The molecule has 3 heteroatoms. The Morgan fingerprint density at radius 3 is 2.25 bits per heavy atom. The van der Waals surface area contributed by atoms with Gasteiger partial charge in [-0.15, -0.1) is 0 Å². The molecule has 0 rings (SSSR count). The monoisotopic (exact) mass is 147 g/mol. The van der Waals surface area contributed by atoms with Gasteiger partial charge in [-0.3, -0.25) is 0 Å². The summed E-state index contributed by atoms with van der Waals surface area (Å²) in [6.07, 6.45) is 0.577. The number of rotatable bonds is 3. The Morgan fingerprint density at radius 1 is 1.62 bits per heavy atom. The van der Waals surface area contributed by atoms with Gasteiger partial charge in [0, 0.05) is 12.0 Å². The molecule has 0 atom stereocenters. The van der Waals surface area contributed by atoms with Crippen LogP contribution in [-0.4, -0.2) is 27.8 Å². The molecule has 0 fully saturated rings. The summed E-state index contributed by atoms with van der Waals surface area (Å²) >= 11 is 4.09. The molecular weight excluding hydrogens is 136 g/mol. The summed E-state index contributed by atoms with van der Waals surface area (Å²) in [5.74, 6) is 0.748. The smallest absolute Gasteiger partial charge is 0.0709 e. The molecule has 0 spiro atoms. The van der Waals surface area contributed by atoms with Crippen molar-refractivity contribution in [2.75, 3.05) is 12.0 Å². The number of ether oxygens (including phenoxy) is 1. The van der Waals surface area contributed by atoms with Gasteiger partial charge in [0.1, 0.15) is 0 Å². The largest absolute Gasteiger partial charge is 0.379 e. The molecule has 0 saturated heterocycles. The number of hydrogen-bond donors (Lipinski definition) is 1. The van der Waals surface area contributed by atoms with Crippen molar-refractivity contribution in [2.24, 2.45) is 0 Å². The first kappa shape index (κ1) is 8.53. The first-order valence-electron chi connectivity index (χ1n) is 2.52. The molecule has 0 aliphatic carbocycles. The zero-order valence-corrected chi connectivity index (χ0v) is 7.16. The van der Waals surface area contributed by atoms with Crippen LogP contribution < -0.4 is 0 Å². The average molecular weight is 147 g/mol. The molecule has 0 aromatic carbocycles. The molecule has 0 amide bonds. The van der Waals surface area contributed by atoms with E-state index in [1.807, 2.05) is 13.8 Å². The van der Waals surface area contributed by atoms with E-state index in [9.17, 15) is 0 Å². The van der Waals surface area contributed by atoms with Crippen LogP contribution in [0.5, 0.6) is 0 Å². The van der Waals surface area contributed by atoms with Crippen molar-refractivity contribution in [3.05, 3.63) is 0 Å². The zero-order chi connectivity index (χ0) is 6.62. The van der Waals surface area contributed by atoms with E-state index in [4.69, 9.17) is 4.74 Å². The van der Waals surface area contributed by atoms with Gasteiger partial charge < -0.3 is 4.74 Å². The van der Waals surface area contributed by atoms with Crippen LogP contribution in [0.15, 0.2) is 0 Å². The Kier molecular flexibility index (Phi) is 3.77. The Balaban J connectivity index is 3.37. The summed E-state index contributed by atoms with van der Waals surface area (Å²) in [4.78, 5) is 0. The van der Waals surface area contributed by atoms with Crippen molar-refractivity contribution in [3.8, 4) is 0 Å². The maximum atomic E-state index is 5.22. The second kappa shape index (κ2) is 3.53. The molecule has 0 aromatic rings. The summed E-state index contributed by atoms with van der Waals surface area (Å²) in [5, 5.41) is 0. The minimum Gasteiger partial charge on any atom is -0.379 e. The quantitative estimate of drug-likeness (QED) is 0.460. The summed E-state index contributed by atoms with van der Waals surface area (Å²) in [6, 6.07) is 0. The van der Waals surface area contributed by atoms with E-state index in [2.05, 4.69) is 22.9 Å². The fourth-order valence-corrected chi connectivity index (χ4v) is 0.723. The Morgan fingerprint density at radius 2 is 2.12 bits per heavy atom. The predicted molar refractivity (Wildman–Crippen MR) is 39.6 cm³/mol. The van der Waals surface area contributed by atoms with E-state index in [1.165, 1.54) is 0 Å². The van der Waals surface area contributed by atoms with Crippen LogP contribution in [0.4, 0.5) is 0 Å². The Bertz CT molecular complexity index is 65.4. The lowest BCUT2D eigenvalue weighted by Crippen LogP contribution is -2.26. The van der Waals surface area contributed by atoms with E-state index in [0.29, 0.717) is 6.23 Å². The van der Waals surface area contributed by atoms with Gasteiger partial charge in [0.05, 0.1) is 15.8 Å². The van der Waals surface area contributed by atoms with Crippen LogP contribution in [-0.2, 0) is 4.74 Å². The van der Waals surface area contributed by atoms with Crippen LogP contribution in [0, 0.1) is 0 Å². The second-order valence-corrected chi connectivity index (χ2v) is 2.81. The van der Waals surface area contributed by atoms with Crippen molar-refractivity contribution < 1.29 is 4.74 Å². The molecule has 0 unspecified atom stereocenters. The third-order valence-corrected chi connectivity index (χ3v) is 1.75. The van der Waals surface area contributed by atoms with Gasteiger partial charge >= 0.3 is 0 Å². The molecule has 0 aliphatic rings. The van der Waals surface area contributed by atoms with Crippen LogP contribution in [0.3, 0.4) is 0 Å². The summed E-state index contributed by atoms with van der Waals surface area (Å²) in [6.45, 7) is 4.00. The van der Waals surface area contributed by atoms with Crippen LogP contribution in [0.1, 0.15) is 13.8 Å². The lowest BCUT2D eigenvalue weighted by Gasteiger charge is -2.21. The van der Waals surface area contributed by atoms with Crippen LogP contribution in [0.25, 0.3) is 0 Å². The normalized spacial score (nSPS) is 12.0. The molecule has 3 radical (unpaired) electrons. The minimum atomic E-state index is -0.0924. The van der Waals surface area contributed by atoms with E-state index >= 15 is 0 Å². The number of hydrogen-bond acceptors (Lipinski definition) is 2. The molecule has 0 aliphatic heterocycles. The van der Waals surface area contributed by atoms with Gasteiger partial charge in [0.25, 0.3) is 0 Å².